The van der Waals surface area contributed by atoms with Crippen LogP contribution in [0.4, 0.5) is 5.69 Å². The Bertz CT molecular complexity index is 462. The van der Waals surface area contributed by atoms with Crippen molar-refractivity contribution in [3.8, 4) is 0 Å². The van der Waals surface area contributed by atoms with E-state index in [2.05, 4.69) is 66.4 Å². The fourth-order valence-electron chi connectivity index (χ4n) is 2.84. The summed E-state index contributed by atoms with van der Waals surface area (Å²) in [7, 11) is 0. The molecular formula is C16H22BrN. The number of halogens is 1. The summed E-state index contributed by atoms with van der Waals surface area (Å²) in [5.41, 5.74) is 5.48. The first kappa shape index (κ1) is 13.7. The second kappa shape index (κ2) is 5.08. The third-order valence-corrected chi connectivity index (χ3v) is 4.58. The summed E-state index contributed by atoms with van der Waals surface area (Å²) in [4.78, 5) is 2.41. The average molecular weight is 308 g/mol. The van der Waals surface area contributed by atoms with E-state index in [4.69, 9.17) is 0 Å². The van der Waals surface area contributed by atoms with Crippen molar-refractivity contribution in [3.05, 3.63) is 41.6 Å². The molecule has 98 valence electrons. The number of fused-ring (bicyclic) bond motifs is 1. The van der Waals surface area contributed by atoms with Crippen LogP contribution in [0.15, 0.2) is 30.5 Å². The molecule has 0 saturated carbocycles. The molecule has 1 aliphatic heterocycles. The molecule has 0 amide bonds. The second-order valence-corrected chi connectivity index (χ2v) is 6.08. The Labute approximate surface area is 119 Å². The number of unbranched alkanes of at least 4 members (excludes halogenated alkanes) is 1. The first-order valence-electron chi connectivity index (χ1n) is 6.69. The molecule has 0 N–H and O–H groups in total. The predicted molar refractivity (Wildman–Crippen MR) is 83.5 cm³/mol. The third kappa shape index (κ3) is 2.01. The standard InChI is InChI=1S/C16H22BrN/c1-5-6-10-18-12(2)16(3,4)15-13(11-17)8-7-9-14(15)18/h7-9H,2,5-6,10-11H2,1,3-4H3. The lowest BCUT2D eigenvalue weighted by molar-refractivity contribution is 0.623. The van der Waals surface area contributed by atoms with E-state index >= 15 is 0 Å². The Hall–Kier alpha value is -0.760. The molecule has 0 unspecified atom stereocenters. The van der Waals surface area contributed by atoms with Crippen molar-refractivity contribution in [2.45, 2.75) is 44.4 Å². The molecular weight excluding hydrogens is 286 g/mol. The van der Waals surface area contributed by atoms with Gasteiger partial charge in [0.1, 0.15) is 0 Å². The van der Waals surface area contributed by atoms with Gasteiger partial charge in [-0.2, -0.15) is 0 Å². The molecule has 0 aliphatic carbocycles. The van der Waals surface area contributed by atoms with Gasteiger partial charge in [-0.3, -0.25) is 0 Å². The van der Waals surface area contributed by atoms with Crippen molar-refractivity contribution >= 4 is 21.6 Å². The Morgan fingerprint density at radius 1 is 1.33 bits per heavy atom. The number of alkyl halides is 1. The predicted octanol–water partition coefficient (Wildman–Crippen LogP) is 4.99. The maximum absolute atomic E-state index is 4.34. The van der Waals surface area contributed by atoms with Gasteiger partial charge in [0.15, 0.2) is 0 Å². The molecule has 1 heterocycles. The van der Waals surface area contributed by atoms with Crippen LogP contribution in [-0.4, -0.2) is 6.54 Å². The van der Waals surface area contributed by atoms with Crippen LogP contribution in [0.5, 0.6) is 0 Å². The van der Waals surface area contributed by atoms with Crippen LogP contribution in [0, 0.1) is 0 Å². The molecule has 0 bridgehead atoms. The smallest absolute Gasteiger partial charge is 0.0453 e. The highest BCUT2D eigenvalue weighted by atomic mass is 79.9. The molecule has 1 nitrogen and oxygen atoms in total. The van der Waals surface area contributed by atoms with E-state index in [0.717, 1.165) is 11.9 Å². The van der Waals surface area contributed by atoms with Gasteiger partial charge in [0.05, 0.1) is 0 Å². The summed E-state index contributed by atoms with van der Waals surface area (Å²) in [6, 6.07) is 6.60. The van der Waals surface area contributed by atoms with E-state index in [0.29, 0.717) is 0 Å². The van der Waals surface area contributed by atoms with Gasteiger partial charge < -0.3 is 4.90 Å². The minimum absolute atomic E-state index is 0.0490. The fourth-order valence-corrected chi connectivity index (χ4v) is 3.31. The molecule has 1 aromatic carbocycles. The highest BCUT2D eigenvalue weighted by Gasteiger charge is 2.39. The molecule has 2 heteroatoms. The first-order chi connectivity index (χ1) is 8.54. The quantitative estimate of drug-likeness (QED) is 0.708. The van der Waals surface area contributed by atoms with Crippen LogP contribution in [-0.2, 0) is 10.7 Å². The molecule has 1 aromatic rings. The molecule has 1 aliphatic rings. The van der Waals surface area contributed by atoms with E-state index in [9.17, 15) is 0 Å². The van der Waals surface area contributed by atoms with E-state index < -0.39 is 0 Å². The summed E-state index contributed by atoms with van der Waals surface area (Å²) >= 11 is 3.61. The first-order valence-corrected chi connectivity index (χ1v) is 7.81. The second-order valence-electron chi connectivity index (χ2n) is 5.52. The normalized spacial score (nSPS) is 17.1. The number of anilines is 1. The van der Waals surface area contributed by atoms with Gasteiger partial charge in [0.25, 0.3) is 0 Å². The zero-order valence-corrected chi connectivity index (χ0v) is 13.2. The van der Waals surface area contributed by atoms with Crippen molar-refractivity contribution in [1.82, 2.24) is 0 Å². The zero-order valence-electron chi connectivity index (χ0n) is 11.6. The number of allylic oxidation sites excluding steroid dienone is 1. The van der Waals surface area contributed by atoms with Crippen LogP contribution >= 0.6 is 15.9 Å². The zero-order chi connectivity index (χ0) is 13.3. The van der Waals surface area contributed by atoms with Crippen LogP contribution in [0.25, 0.3) is 0 Å². The average Bonchev–Trinajstić information content (AvgIpc) is 2.56. The topological polar surface area (TPSA) is 3.24 Å². The summed E-state index contributed by atoms with van der Waals surface area (Å²) in [5.74, 6) is 0. The van der Waals surface area contributed by atoms with Crippen LogP contribution in [0.1, 0.15) is 44.7 Å². The van der Waals surface area contributed by atoms with E-state index in [1.165, 1.54) is 35.4 Å². The molecule has 0 fully saturated rings. The van der Waals surface area contributed by atoms with Gasteiger partial charge in [-0.1, -0.05) is 61.8 Å². The van der Waals surface area contributed by atoms with Crippen molar-refractivity contribution in [2.24, 2.45) is 0 Å². The number of benzene rings is 1. The molecule has 0 spiro atoms. The van der Waals surface area contributed by atoms with Crippen molar-refractivity contribution in [2.75, 3.05) is 11.4 Å². The number of rotatable bonds is 4. The number of hydrogen-bond acceptors (Lipinski definition) is 1. The maximum atomic E-state index is 4.34. The summed E-state index contributed by atoms with van der Waals surface area (Å²) in [6.07, 6.45) is 2.44. The van der Waals surface area contributed by atoms with Crippen LogP contribution in [0.2, 0.25) is 0 Å². The highest BCUT2D eigenvalue weighted by molar-refractivity contribution is 9.08. The highest BCUT2D eigenvalue weighted by Crippen LogP contribution is 2.48. The lowest BCUT2D eigenvalue weighted by atomic mass is 9.82. The Morgan fingerprint density at radius 2 is 2.06 bits per heavy atom. The minimum Gasteiger partial charge on any atom is -0.345 e. The van der Waals surface area contributed by atoms with Gasteiger partial charge >= 0.3 is 0 Å². The van der Waals surface area contributed by atoms with Gasteiger partial charge in [0, 0.05) is 28.7 Å². The summed E-state index contributed by atoms with van der Waals surface area (Å²) < 4.78 is 0. The van der Waals surface area contributed by atoms with Gasteiger partial charge in [0.2, 0.25) is 0 Å². The Morgan fingerprint density at radius 3 is 2.67 bits per heavy atom. The molecule has 0 saturated heterocycles. The lowest BCUT2D eigenvalue weighted by Crippen LogP contribution is -2.26. The van der Waals surface area contributed by atoms with Crippen molar-refractivity contribution in [3.63, 3.8) is 0 Å². The lowest BCUT2D eigenvalue weighted by Gasteiger charge is -2.26. The minimum atomic E-state index is 0.0490. The molecule has 0 atom stereocenters. The number of hydrogen-bond donors (Lipinski definition) is 0. The van der Waals surface area contributed by atoms with Crippen LogP contribution < -0.4 is 4.90 Å². The third-order valence-electron chi connectivity index (χ3n) is 3.97. The SMILES string of the molecule is C=C1N(CCCC)c2cccc(CBr)c2C1(C)C. The Balaban J connectivity index is 2.50. The van der Waals surface area contributed by atoms with Gasteiger partial charge in [-0.05, 0) is 23.6 Å². The number of nitrogens with zero attached hydrogens (tertiary/aromatic N) is 1. The van der Waals surface area contributed by atoms with E-state index in [-0.39, 0.29) is 5.41 Å². The molecule has 0 radical (unpaired) electrons. The van der Waals surface area contributed by atoms with Crippen molar-refractivity contribution in [1.29, 1.82) is 0 Å². The van der Waals surface area contributed by atoms with E-state index in [1.807, 2.05) is 0 Å². The largest absolute Gasteiger partial charge is 0.345 e. The molecule has 2 rings (SSSR count). The van der Waals surface area contributed by atoms with Crippen LogP contribution in [0.3, 0.4) is 0 Å². The van der Waals surface area contributed by atoms with Gasteiger partial charge in [-0.25, -0.2) is 0 Å². The Kier molecular flexibility index (Phi) is 3.86. The fraction of sp³-hybridized carbons (Fsp3) is 0.500. The van der Waals surface area contributed by atoms with Gasteiger partial charge in [-0.15, -0.1) is 0 Å². The molecule has 18 heavy (non-hydrogen) atoms. The maximum Gasteiger partial charge on any atom is 0.0453 e. The van der Waals surface area contributed by atoms with E-state index in [1.54, 1.807) is 0 Å². The molecule has 0 aromatic heterocycles. The summed E-state index contributed by atoms with van der Waals surface area (Å²) in [5, 5.41) is 0.911. The van der Waals surface area contributed by atoms with Crippen molar-refractivity contribution < 1.29 is 0 Å². The summed E-state index contributed by atoms with van der Waals surface area (Å²) in [6.45, 7) is 12.2. The monoisotopic (exact) mass is 307 g/mol.